The number of fused-ring (bicyclic) bond motifs is 3. The molecule has 0 spiro atoms. The monoisotopic (exact) mass is 479 g/mol. The third kappa shape index (κ3) is 4.95. The van der Waals surface area contributed by atoms with Crippen molar-refractivity contribution in [1.29, 1.82) is 0 Å². The smallest absolute Gasteiger partial charge is 0.407 e. The zero-order valence-electron chi connectivity index (χ0n) is 19.6. The third-order valence-electron chi connectivity index (χ3n) is 6.25. The van der Waals surface area contributed by atoms with Gasteiger partial charge in [-0.15, -0.1) is 0 Å². The van der Waals surface area contributed by atoms with Crippen LogP contribution in [0.3, 0.4) is 0 Å². The average molecular weight is 480 g/mol. The number of carbonyl (C=O) groups excluding carboxylic acids is 1. The molecule has 8 nitrogen and oxygen atoms in total. The second-order valence-electron chi connectivity index (χ2n) is 8.29. The van der Waals surface area contributed by atoms with Gasteiger partial charge in [0.25, 0.3) is 0 Å². The van der Waals surface area contributed by atoms with Crippen LogP contribution < -0.4 is 14.8 Å². The molecular weight excluding hydrogens is 450 g/mol. The quantitative estimate of drug-likeness (QED) is 0.372. The molecule has 0 fully saturated rings. The van der Waals surface area contributed by atoms with E-state index in [0.717, 1.165) is 22.3 Å². The number of aliphatic hydroxyl groups excluding tert-OH is 3. The van der Waals surface area contributed by atoms with Gasteiger partial charge in [-0.05, 0) is 39.9 Å². The summed E-state index contributed by atoms with van der Waals surface area (Å²) in [6, 6.07) is 19.2. The number of alkyl carbamates (subject to hydrolysis) is 1. The number of ether oxygens (including phenoxy) is 3. The Kier molecular flexibility index (Phi) is 7.55. The van der Waals surface area contributed by atoms with Crippen LogP contribution in [0.5, 0.6) is 11.5 Å². The van der Waals surface area contributed by atoms with Gasteiger partial charge in [0.1, 0.15) is 30.3 Å². The van der Waals surface area contributed by atoms with Crippen molar-refractivity contribution in [1.82, 2.24) is 5.32 Å². The maximum absolute atomic E-state index is 12.4. The van der Waals surface area contributed by atoms with Crippen molar-refractivity contribution >= 4 is 6.09 Å². The molecule has 0 aliphatic heterocycles. The molecule has 3 aromatic carbocycles. The zero-order chi connectivity index (χ0) is 24.9. The Bertz CT molecular complexity index is 1130. The fraction of sp³-hybridized carbons (Fsp3) is 0.296. The minimum atomic E-state index is -1.42. The molecule has 0 bridgehead atoms. The van der Waals surface area contributed by atoms with Gasteiger partial charge in [0.05, 0.1) is 26.4 Å². The number of carbonyl (C=O) groups is 1. The molecule has 1 amide bonds. The maximum Gasteiger partial charge on any atom is 0.407 e. The lowest BCUT2D eigenvalue weighted by Crippen LogP contribution is -2.36. The molecule has 0 heterocycles. The van der Waals surface area contributed by atoms with E-state index in [1.165, 1.54) is 14.2 Å². The molecule has 4 rings (SSSR count). The van der Waals surface area contributed by atoms with E-state index in [1.807, 2.05) is 36.4 Å². The first kappa shape index (κ1) is 24.5. The summed E-state index contributed by atoms with van der Waals surface area (Å²) in [5.41, 5.74) is 5.21. The number of hydrogen-bond donors (Lipinski definition) is 4. The van der Waals surface area contributed by atoms with Crippen molar-refractivity contribution in [3.8, 4) is 22.6 Å². The molecule has 0 radical (unpaired) electrons. The van der Waals surface area contributed by atoms with Gasteiger partial charge >= 0.3 is 6.09 Å². The van der Waals surface area contributed by atoms with Gasteiger partial charge in [0.2, 0.25) is 0 Å². The van der Waals surface area contributed by atoms with E-state index in [0.29, 0.717) is 5.56 Å². The number of nitrogens with one attached hydrogen (secondary N) is 1. The van der Waals surface area contributed by atoms with E-state index in [9.17, 15) is 20.1 Å². The zero-order valence-corrected chi connectivity index (χ0v) is 19.6. The summed E-state index contributed by atoms with van der Waals surface area (Å²) >= 11 is 0. The number of hydrogen-bond acceptors (Lipinski definition) is 7. The second-order valence-corrected chi connectivity index (χ2v) is 8.29. The Hall–Kier alpha value is -3.59. The number of amides is 1. The van der Waals surface area contributed by atoms with Crippen molar-refractivity contribution in [2.75, 3.05) is 27.4 Å². The van der Waals surface area contributed by atoms with E-state index in [4.69, 9.17) is 14.2 Å². The SMILES string of the molecule is COc1cc(CO)cc(OC)c1C(O)C(O)CNC(=O)OCC1c2ccccc2-c2ccccc21. The van der Waals surface area contributed by atoms with Crippen LogP contribution >= 0.6 is 0 Å². The normalized spacial score (nSPS) is 14.0. The molecule has 35 heavy (non-hydrogen) atoms. The molecule has 2 atom stereocenters. The minimum Gasteiger partial charge on any atom is -0.496 e. The first-order valence-electron chi connectivity index (χ1n) is 11.3. The standard InChI is InChI=1S/C27H29NO7/c1-33-23-11-16(14-29)12-24(34-2)25(23)26(31)22(30)13-28-27(32)35-15-21-19-9-5-3-7-17(19)18-8-4-6-10-20(18)21/h3-12,21-22,26,29-31H,13-15H2,1-2H3,(H,28,32). The molecule has 2 unspecified atom stereocenters. The second kappa shape index (κ2) is 10.8. The van der Waals surface area contributed by atoms with Crippen LogP contribution in [0.1, 0.15) is 34.3 Å². The maximum atomic E-state index is 12.4. The van der Waals surface area contributed by atoms with Gasteiger partial charge in [-0.1, -0.05) is 48.5 Å². The van der Waals surface area contributed by atoms with E-state index in [2.05, 4.69) is 17.4 Å². The van der Waals surface area contributed by atoms with Crippen molar-refractivity contribution in [3.05, 3.63) is 82.9 Å². The molecule has 1 aliphatic carbocycles. The van der Waals surface area contributed by atoms with Gasteiger partial charge in [-0.25, -0.2) is 4.79 Å². The average Bonchev–Trinajstić information content (AvgIpc) is 3.22. The van der Waals surface area contributed by atoms with E-state index in [1.54, 1.807) is 12.1 Å². The Morgan fingerprint density at radius 2 is 1.49 bits per heavy atom. The minimum absolute atomic E-state index is 0.0813. The molecule has 4 N–H and O–H groups in total. The summed E-state index contributed by atoms with van der Waals surface area (Å²) in [6.07, 6.45) is -3.48. The summed E-state index contributed by atoms with van der Waals surface area (Å²) in [4.78, 5) is 12.4. The lowest BCUT2D eigenvalue weighted by molar-refractivity contribution is 0.0158. The van der Waals surface area contributed by atoms with Crippen molar-refractivity contribution < 1.29 is 34.3 Å². The molecule has 3 aromatic rings. The Morgan fingerprint density at radius 3 is 2.00 bits per heavy atom. The van der Waals surface area contributed by atoms with Gasteiger partial charge < -0.3 is 34.8 Å². The third-order valence-corrected chi connectivity index (χ3v) is 6.25. The van der Waals surface area contributed by atoms with Crippen molar-refractivity contribution in [2.45, 2.75) is 24.7 Å². The summed E-state index contributed by atoms with van der Waals surface area (Å²) in [6.45, 7) is -0.357. The van der Waals surface area contributed by atoms with Crippen LogP contribution in [0.15, 0.2) is 60.7 Å². The van der Waals surface area contributed by atoms with Crippen LogP contribution in [0.4, 0.5) is 4.79 Å². The fourth-order valence-electron chi connectivity index (χ4n) is 4.52. The lowest BCUT2D eigenvalue weighted by Gasteiger charge is -2.23. The molecule has 0 saturated heterocycles. The first-order valence-corrected chi connectivity index (χ1v) is 11.3. The Balaban J connectivity index is 1.38. The predicted octanol–water partition coefficient (Wildman–Crippen LogP) is 3.13. The number of methoxy groups -OCH3 is 2. The van der Waals surface area contributed by atoms with Gasteiger partial charge in [0.15, 0.2) is 0 Å². The Labute approximate surface area is 203 Å². The van der Waals surface area contributed by atoms with Gasteiger partial charge in [-0.3, -0.25) is 0 Å². The molecule has 8 heteroatoms. The summed E-state index contributed by atoms with van der Waals surface area (Å²) < 4.78 is 16.1. The van der Waals surface area contributed by atoms with Crippen LogP contribution in [-0.4, -0.2) is 54.9 Å². The summed E-state index contributed by atoms with van der Waals surface area (Å²) in [7, 11) is 2.82. The summed E-state index contributed by atoms with van der Waals surface area (Å²) in [5, 5.41) is 33.2. The van der Waals surface area contributed by atoms with Gasteiger partial charge in [-0.2, -0.15) is 0 Å². The van der Waals surface area contributed by atoms with Crippen LogP contribution in [0.2, 0.25) is 0 Å². The molecule has 1 aliphatic rings. The number of rotatable bonds is 9. The van der Waals surface area contributed by atoms with Crippen molar-refractivity contribution in [3.63, 3.8) is 0 Å². The van der Waals surface area contributed by atoms with Crippen LogP contribution in [0.25, 0.3) is 11.1 Å². The van der Waals surface area contributed by atoms with Crippen LogP contribution in [-0.2, 0) is 11.3 Å². The van der Waals surface area contributed by atoms with E-state index >= 15 is 0 Å². The van der Waals surface area contributed by atoms with E-state index < -0.39 is 18.3 Å². The van der Waals surface area contributed by atoms with Gasteiger partial charge in [0, 0.05) is 12.5 Å². The highest BCUT2D eigenvalue weighted by atomic mass is 16.5. The topological polar surface area (TPSA) is 117 Å². The highest BCUT2D eigenvalue weighted by Gasteiger charge is 2.30. The largest absolute Gasteiger partial charge is 0.496 e. The first-order chi connectivity index (χ1) is 17.0. The molecular formula is C27H29NO7. The predicted molar refractivity (Wildman–Crippen MR) is 130 cm³/mol. The highest BCUT2D eigenvalue weighted by Crippen LogP contribution is 2.44. The molecule has 184 valence electrons. The lowest BCUT2D eigenvalue weighted by atomic mass is 9.98. The Morgan fingerprint density at radius 1 is 0.943 bits per heavy atom. The summed E-state index contributed by atoms with van der Waals surface area (Å²) in [5.74, 6) is 0.421. The number of benzene rings is 3. The highest BCUT2D eigenvalue weighted by molar-refractivity contribution is 5.79. The van der Waals surface area contributed by atoms with Crippen molar-refractivity contribution in [2.24, 2.45) is 0 Å². The fourth-order valence-corrected chi connectivity index (χ4v) is 4.52. The number of aliphatic hydroxyl groups is 3. The van der Waals surface area contributed by atoms with E-state index in [-0.39, 0.29) is 42.7 Å². The van der Waals surface area contributed by atoms with Crippen LogP contribution in [0, 0.1) is 0 Å². The molecule has 0 saturated carbocycles. The molecule has 0 aromatic heterocycles.